The van der Waals surface area contributed by atoms with Gasteiger partial charge >= 0.3 is 5.97 Å². The van der Waals surface area contributed by atoms with Gasteiger partial charge in [0.25, 0.3) is 11.4 Å². The summed E-state index contributed by atoms with van der Waals surface area (Å²) in [6, 6.07) is 13.1. The van der Waals surface area contributed by atoms with Crippen LogP contribution in [0.1, 0.15) is 26.3 Å². The summed E-state index contributed by atoms with van der Waals surface area (Å²) >= 11 is 0. The van der Waals surface area contributed by atoms with E-state index in [9.17, 15) is 38.2 Å². The van der Waals surface area contributed by atoms with Crippen molar-refractivity contribution in [2.24, 2.45) is 0 Å². The molecule has 0 radical (unpaired) electrons. The summed E-state index contributed by atoms with van der Waals surface area (Å²) in [6.07, 6.45) is 0. The van der Waals surface area contributed by atoms with Gasteiger partial charge in [-0.05, 0) is 31.2 Å². The molecule has 34 heavy (non-hydrogen) atoms. The third-order valence-electron chi connectivity index (χ3n) is 4.82. The van der Waals surface area contributed by atoms with Gasteiger partial charge in [-0.2, -0.15) is 0 Å². The summed E-state index contributed by atoms with van der Waals surface area (Å²) in [6.45, 7) is 0.736. The van der Waals surface area contributed by atoms with E-state index in [0.717, 1.165) is 30.3 Å². The van der Waals surface area contributed by atoms with Gasteiger partial charge in [-0.25, -0.2) is 13.2 Å². The Hall–Kier alpha value is -4.45. The second kappa shape index (κ2) is 9.58. The molecule has 0 fully saturated rings. The second-order valence-electron chi connectivity index (χ2n) is 7.01. The van der Waals surface area contributed by atoms with E-state index in [1.807, 2.05) is 0 Å². The zero-order valence-corrected chi connectivity index (χ0v) is 18.4. The van der Waals surface area contributed by atoms with Crippen LogP contribution in [0.2, 0.25) is 0 Å². The molecule has 0 spiro atoms. The third-order valence-corrected chi connectivity index (χ3v) is 6.64. The number of ether oxygens (including phenoxy) is 1. The van der Waals surface area contributed by atoms with E-state index in [-0.39, 0.29) is 27.4 Å². The Labute approximate surface area is 192 Å². The lowest BCUT2D eigenvalue weighted by Crippen LogP contribution is -2.17. The Balaban J connectivity index is 1.83. The Kier molecular flexibility index (Phi) is 6.82. The standard InChI is InChI=1S/C22H16N2O9S/c1-14-6-7-15(12-19(14)24(29)30)20(25)13-33-22(26)18-4-2-3-5-21(18)34(31,32)17-10-8-16(9-11-17)23(27)28/h2-12H,13H2,1H3. The largest absolute Gasteiger partial charge is 0.454 e. The fraction of sp³-hybridized carbons (Fsp3) is 0.0909. The molecule has 0 amide bonds. The number of nitro benzene ring substituents is 2. The Morgan fingerprint density at radius 1 is 0.912 bits per heavy atom. The summed E-state index contributed by atoms with van der Waals surface area (Å²) < 4.78 is 31.0. The maximum atomic E-state index is 13.0. The maximum Gasteiger partial charge on any atom is 0.339 e. The summed E-state index contributed by atoms with van der Waals surface area (Å²) in [5.74, 6) is -1.82. The van der Waals surface area contributed by atoms with Crippen LogP contribution in [0.25, 0.3) is 0 Å². The van der Waals surface area contributed by atoms with Crippen molar-refractivity contribution in [3.05, 3.63) is 104 Å². The molecule has 3 rings (SSSR count). The number of non-ortho nitro benzene ring substituents is 1. The minimum atomic E-state index is -4.25. The van der Waals surface area contributed by atoms with Gasteiger partial charge in [-0.15, -0.1) is 0 Å². The summed E-state index contributed by atoms with van der Waals surface area (Å²) in [5.41, 5.74) is -0.609. The molecule has 0 aliphatic heterocycles. The quantitative estimate of drug-likeness (QED) is 0.201. The lowest BCUT2D eigenvalue weighted by molar-refractivity contribution is -0.385. The number of nitrogens with zero attached hydrogens (tertiary/aromatic N) is 2. The molecule has 0 N–H and O–H groups in total. The highest BCUT2D eigenvalue weighted by atomic mass is 32.2. The van der Waals surface area contributed by atoms with Crippen LogP contribution in [0.3, 0.4) is 0 Å². The minimum absolute atomic E-state index is 0.0445. The van der Waals surface area contributed by atoms with Crippen LogP contribution in [0.4, 0.5) is 11.4 Å². The first-order chi connectivity index (χ1) is 16.0. The smallest absolute Gasteiger partial charge is 0.339 e. The fourth-order valence-electron chi connectivity index (χ4n) is 3.02. The van der Waals surface area contributed by atoms with Crippen molar-refractivity contribution in [1.29, 1.82) is 0 Å². The van der Waals surface area contributed by atoms with Crippen LogP contribution in [0, 0.1) is 27.2 Å². The van der Waals surface area contributed by atoms with Gasteiger partial charge in [0.1, 0.15) is 0 Å². The molecule has 3 aromatic rings. The van der Waals surface area contributed by atoms with Gasteiger partial charge in [0.2, 0.25) is 15.6 Å². The highest BCUT2D eigenvalue weighted by Gasteiger charge is 2.26. The highest BCUT2D eigenvalue weighted by molar-refractivity contribution is 7.91. The highest BCUT2D eigenvalue weighted by Crippen LogP contribution is 2.26. The average Bonchev–Trinajstić information content (AvgIpc) is 2.82. The molecule has 0 saturated heterocycles. The monoisotopic (exact) mass is 484 g/mol. The Morgan fingerprint density at radius 2 is 1.56 bits per heavy atom. The summed E-state index contributed by atoms with van der Waals surface area (Å²) in [5, 5.41) is 21.9. The van der Waals surface area contributed by atoms with Crippen molar-refractivity contribution < 1.29 is 32.6 Å². The van der Waals surface area contributed by atoms with Crippen molar-refractivity contribution in [3.63, 3.8) is 0 Å². The number of carbonyl (C=O) groups is 2. The molecule has 0 aliphatic rings. The number of carbonyl (C=O) groups excluding carboxylic acids is 2. The van der Waals surface area contributed by atoms with Crippen molar-refractivity contribution in [1.82, 2.24) is 0 Å². The van der Waals surface area contributed by atoms with Crippen molar-refractivity contribution in [2.45, 2.75) is 16.7 Å². The van der Waals surface area contributed by atoms with Gasteiger partial charge in [0, 0.05) is 29.3 Å². The van der Waals surface area contributed by atoms with Gasteiger partial charge in [-0.1, -0.05) is 24.3 Å². The molecule has 3 aromatic carbocycles. The third kappa shape index (κ3) is 4.96. The van der Waals surface area contributed by atoms with E-state index in [1.165, 1.54) is 43.3 Å². The molecule has 174 valence electrons. The summed E-state index contributed by atoms with van der Waals surface area (Å²) in [4.78, 5) is 44.9. The van der Waals surface area contributed by atoms with Crippen LogP contribution in [0.15, 0.2) is 76.5 Å². The molecule has 0 aromatic heterocycles. The van der Waals surface area contributed by atoms with E-state index < -0.39 is 42.9 Å². The number of hydrogen-bond donors (Lipinski definition) is 0. The van der Waals surface area contributed by atoms with E-state index >= 15 is 0 Å². The average molecular weight is 484 g/mol. The molecule has 0 bridgehead atoms. The number of aryl methyl sites for hydroxylation is 1. The topological polar surface area (TPSA) is 164 Å². The molecule has 11 nitrogen and oxygen atoms in total. The number of sulfone groups is 1. The van der Waals surface area contributed by atoms with Crippen LogP contribution in [0.5, 0.6) is 0 Å². The normalized spacial score (nSPS) is 11.0. The van der Waals surface area contributed by atoms with E-state index in [0.29, 0.717) is 5.56 Å². The molecular weight excluding hydrogens is 468 g/mol. The molecule has 12 heteroatoms. The molecule has 0 heterocycles. The van der Waals surface area contributed by atoms with E-state index in [1.54, 1.807) is 0 Å². The lowest BCUT2D eigenvalue weighted by Gasteiger charge is -2.10. The molecule has 0 aliphatic carbocycles. The predicted molar refractivity (Wildman–Crippen MR) is 117 cm³/mol. The van der Waals surface area contributed by atoms with Gasteiger partial charge in [0.15, 0.2) is 6.61 Å². The number of Topliss-reactive ketones (excluding diaryl/α,β-unsaturated/α-hetero) is 1. The lowest BCUT2D eigenvalue weighted by atomic mass is 10.1. The predicted octanol–water partition coefficient (Wildman–Crippen LogP) is 3.68. The number of rotatable bonds is 8. The zero-order chi connectivity index (χ0) is 25.0. The number of hydrogen-bond acceptors (Lipinski definition) is 9. The van der Waals surface area contributed by atoms with Crippen LogP contribution < -0.4 is 0 Å². The fourth-order valence-corrected chi connectivity index (χ4v) is 4.46. The Bertz CT molecular complexity index is 1410. The second-order valence-corrected chi connectivity index (χ2v) is 8.93. The first kappa shape index (κ1) is 24.2. The van der Waals surface area contributed by atoms with Crippen molar-refractivity contribution in [3.8, 4) is 0 Å². The number of ketones is 1. The first-order valence-corrected chi connectivity index (χ1v) is 11.0. The minimum Gasteiger partial charge on any atom is -0.454 e. The van der Waals surface area contributed by atoms with Crippen LogP contribution >= 0.6 is 0 Å². The van der Waals surface area contributed by atoms with E-state index in [4.69, 9.17) is 4.74 Å². The van der Waals surface area contributed by atoms with E-state index in [2.05, 4.69) is 0 Å². The first-order valence-electron chi connectivity index (χ1n) is 9.56. The number of nitro groups is 2. The maximum absolute atomic E-state index is 13.0. The van der Waals surface area contributed by atoms with Gasteiger partial charge in [-0.3, -0.25) is 25.0 Å². The number of esters is 1. The summed E-state index contributed by atoms with van der Waals surface area (Å²) in [7, 11) is -4.25. The van der Waals surface area contributed by atoms with Crippen molar-refractivity contribution in [2.75, 3.05) is 6.61 Å². The van der Waals surface area contributed by atoms with Crippen LogP contribution in [-0.2, 0) is 14.6 Å². The van der Waals surface area contributed by atoms with Gasteiger partial charge in [0.05, 0.1) is 25.2 Å². The molecule has 0 unspecified atom stereocenters. The van der Waals surface area contributed by atoms with Crippen LogP contribution in [-0.4, -0.2) is 36.6 Å². The number of benzene rings is 3. The SMILES string of the molecule is Cc1ccc(C(=O)COC(=O)c2ccccc2S(=O)(=O)c2ccc([N+](=O)[O-])cc2)cc1[N+](=O)[O-]. The molecule has 0 atom stereocenters. The molecule has 0 saturated carbocycles. The zero-order valence-electron chi connectivity index (χ0n) is 17.5. The molecular formula is C22H16N2O9S. The van der Waals surface area contributed by atoms with Gasteiger partial charge < -0.3 is 4.74 Å². The Morgan fingerprint density at radius 3 is 2.18 bits per heavy atom. The van der Waals surface area contributed by atoms with Crippen molar-refractivity contribution >= 4 is 33.0 Å².